The van der Waals surface area contributed by atoms with E-state index in [1.54, 1.807) is 6.07 Å². The summed E-state index contributed by atoms with van der Waals surface area (Å²) in [5.41, 5.74) is 2.48. The molecule has 0 aromatic carbocycles. The van der Waals surface area contributed by atoms with Gasteiger partial charge in [0, 0.05) is 18.3 Å². The predicted molar refractivity (Wildman–Crippen MR) is 80.5 cm³/mol. The Kier molecular flexibility index (Phi) is 3.09. The van der Waals surface area contributed by atoms with E-state index in [2.05, 4.69) is 31.1 Å². The molecule has 110 valence electrons. The van der Waals surface area contributed by atoms with Crippen LogP contribution in [-0.2, 0) is 6.54 Å². The van der Waals surface area contributed by atoms with Crippen molar-refractivity contribution in [1.29, 1.82) is 0 Å². The summed E-state index contributed by atoms with van der Waals surface area (Å²) < 4.78 is 0. The molecule has 0 spiro atoms. The Morgan fingerprint density at radius 2 is 2.10 bits per heavy atom. The molecule has 3 rings (SSSR count). The first-order chi connectivity index (χ1) is 9.33. The van der Waals surface area contributed by atoms with E-state index in [0.29, 0.717) is 29.2 Å². The Morgan fingerprint density at radius 3 is 2.75 bits per heavy atom. The number of hydrogen-bond donors (Lipinski definition) is 2. The van der Waals surface area contributed by atoms with E-state index >= 15 is 0 Å². The minimum Gasteiger partial charge on any atom is -0.506 e. The molecule has 2 aliphatic rings. The zero-order valence-corrected chi connectivity index (χ0v) is 13.0. The van der Waals surface area contributed by atoms with Crippen LogP contribution in [0.5, 0.6) is 5.75 Å². The molecule has 0 saturated heterocycles. The van der Waals surface area contributed by atoms with Gasteiger partial charge in [0.2, 0.25) is 0 Å². The van der Waals surface area contributed by atoms with Crippen molar-refractivity contribution in [3.63, 3.8) is 0 Å². The predicted octanol–water partition coefficient (Wildman–Crippen LogP) is 3.40. The number of nitrogens with one attached hydrogen (secondary N) is 1. The Hall–Kier alpha value is -1.09. The Balaban J connectivity index is 1.77. The van der Waals surface area contributed by atoms with E-state index < -0.39 is 0 Å². The van der Waals surface area contributed by atoms with E-state index in [0.717, 1.165) is 17.3 Å². The highest BCUT2D eigenvalue weighted by molar-refractivity contribution is 5.27. The molecular weight excluding hydrogens is 248 g/mol. The van der Waals surface area contributed by atoms with Crippen LogP contribution in [0, 0.1) is 23.7 Å². The number of pyridine rings is 1. The maximum absolute atomic E-state index is 9.93. The van der Waals surface area contributed by atoms with Gasteiger partial charge in [-0.3, -0.25) is 4.98 Å². The highest BCUT2D eigenvalue weighted by Gasteiger charge is 2.58. The van der Waals surface area contributed by atoms with Crippen LogP contribution in [0.2, 0.25) is 0 Å². The quantitative estimate of drug-likeness (QED) is 0.888. The van der Waals surface area contributed by atoms with Gasteiger partial charge >= 0.3 is 0 Å². The van der Waals surface area contributed by atoms with Gasteiger partial charge in [-0.2, -0.15) is 0 Å². The van der Waals surface area contributed by atoms with Gasteiger partial charge in [-0.1, -0.05) is 20.8 Å². The summed E-state index contributed by atoms with van der Waals surface area (Å²) in [4.78, 5) is 4.45. The molecule has 1 aromatic rings. The lowest BCUT2D eigenvalue weighted by Gasteiger charge is -2.43. The second kappa shape index (κ2) is 4.45. The summed E-state index contributed by atoms with van der Waals surface area (Å²) in [7, 11) is 0. The molecule has 3 atom stereocenters. The van der Waals surface area contributed by atoms with Crippen molar-refractivity contribution in [2.24, 2.45) is 16.7 Å². The molecule has 2 saturated carbocycles. The average Bonchev–Trinajstić information content (AvgIpc) is 2.84. The van der Waals surface area contributed by atoms with E-state index in [1.165, 1.54) is 19.3 Å². The fourth-order valence-corrected chi connectivity index (χ4v) is 4.74. The molecule has 1 aromatic heterocycles. The van der Waals surface area contributed by atoms with Crippen LogP contribution in [0.1, 0.15) is 51.4 Å². The fraction of sp³-hybridized carbons (Fsp3) is 0.706. The lowest BCUT2D eigenvalue weighted by atomic mass is 9.68. The van der Waals surface area contributed by atoms with Crippen molar-refractivity contribution in [2.75, 3.05) is 0 Å². The number of hydrogen-bond acceptors (Lipinski definition) is 3. The summed E-state index contributed by atoms with van der Waals surface area (Å²) in [5.74, 6) is 1.14. The van der Waals surface area contributed by atoms with Crippen molar-refractivity contribution < 1.29 is 5.11 Å². The van der Waals surface area contributed by atoms with Gasteiger partial charge in [-0.15, -0.1) is 0 Å². The minimum absolute atomic E-state index is 0.300. The van der Waals surface area contributed by atoms with Crippen LogP contribution < -0.4 is 5.32 Å². The van der Waals surface area contributed by atoms with Crippen molar-refractivity contribution in [3.8, 4) is 5.75 Å². The first-order valence-electron chi connectivity index (χ1n) is 7.72. The van der Waals surface area contributed by atoms with E-state index in [-0.39, 0.29) is 0 Å². The first-order valence-corrected chi connectivity index (χ1v) is 7.72. The van der Waals surface area contributed by atoms with Gasteiger partial charge in [0.05, 0.1) is 5.69 Å². The van der Waals surface area contributed by atoms with Gasteiger partial charge in [0.25, 0.3) is 0 Å². The SMILES string of the molecule is Cc1ccc(O)c(CNC2C3(C)CCC(C3)C2(C)C)n1. The van der Waals surface area contributed by atoms with Crippen LogP contribution in [0.15, 0.2) is 12.1 Å². The molecule has 0 amide bonds. The monoisotopic (exact) mass is 274 g/mol. The summed E-state index contributed by atoms with van der Waals surface area (Å²) in [6, 6.07) is 4.10. The molecule has 3 heteroatoms. The summed E-state index contributed by atoms with van der Waals surface area (Å²) in [5, 5.41) is 13.6. The van der Waals surface area contributed by atoms with Crippen LogP contribution in [0.25, 0.3) is 0 Å². The Bertz CT molecular complexity index is 521. The maximum atomic E-state index is 9.93. The van der Waals surface area contributed by atoms with Gasteiger partial charge in [0.15, 0.2) is 0 Å². The molecule has 20 heavy (non-hydrogen) atoms. The third-order valence-corrected chi connectivity index (χ3v) is 5.83. The lowest BCUT2D eigenvalue weighted by molar-refractivity contribution is 0.107. The van der Waals surface area contributed by atoms with E-state index in [9.17, 15) is 5.11 Å². The topological polar surface area (TPSA) is 45.1 Å². The molecule has 2 aliphatic carbocycles. The smallest absolute Gasteiger partial charge is 0.138 e. The molecule has 1 heterocycles. The third-order valence-electron chi connectivity index (χ3n) is 5.83. The fourth-order valence-electron chi connectivity index (χ4n) is 4.74. The van der Waals surface area contributed by atoms with E-state index in [1.807, 2.05) is 13.0 Å². The number of fused-ring (bicyclic) bond motifs is 2. The largest absolute Gasteiger partial charge is 0.506 e. The van der Waals surface area contributed by atoms with Gasteiger partial charge in [-0.05, 0) is 55.1 Å². The van der Waals surface area contributed by atoms with Crippen LogP contribution in [0.4, 0.5) is 0 Å². The van der Waals surface area contributed by atoms with Crippen LogP contribution >= 0.6 is 0 Å². The number of aromatic nitrogens is 1. The summed E-state index contributed by atoms with van der Waals surface area (Å²) >= 11 is 0. The summed E-state index contributed by atoms with van der Waals surface area (Å²) in [6.45, 7) is 9.82. The normalized spacial score (nSPS) is 34.6. The molecule has 2 bridgehead atoms. The highest BCUT2D eigenvalue weighted by Crippen LogP contribution is 2.62. The number of aryl methyl sites for hydroxylation is 1. The molecule has 0 aliphatic heterocycles. The second-order valence-corrected chi connectivity index (χ2v) is 7.65. The van der Waals surface area contributed by atoms with E-state index in [4.69, 9.17) is 0 Å². The lowest BCUT2D eigenvalue weighted by Crippen LogP contribution is -2.50. The average molecular weight is 274 g/mol. The molecule has 0 radical (unpaired) electrons. The van der Waals surface area contributed by atoms with Crippen molar-refractivity contribution in [3.05, 3.63) is 23.5 Å². The Labute approximate surface area is 121 Å². The summed E-state index contributed by atoms with van der Waals surface area (Å²) in [6.07, 6.45) is 4.03. The number of aromatic hydroxyl groups is 1. The molecule has 2 N–H and O–H groups in total. The standard InChI is InChI=1S/C17H26N2O/c1-11-5-6-14(20)13(19-11)10-18-15-16(2,3)12-7-8-17(15,4)9-12/h5-6,12,15,18,20H,7-10H2,1-4H3. The van der Waals surface area contributed by atoms with Gasteiger partial charge in [0.1, 0.15) is 5.75 Å². The zero-order valence-electron chi connectivity index (χ0n) is 13.0. The third kappa shape index (κ3) is 2.03. The molecule has 3 nitrogen and oxygen atoms in total. The molecule has 2 fully saturated rings. The van der Waals surface area contributed by atoms with Crippen LogP contribution in [0.3, 0.4) is 0 Å². The highest BCUT2D eigenvalue weighted by atomic mass is 16.3. The van der Waals surface area contributed by atoms with Crippen molar-refractivity contribution in [2.45, 2.75) is 59.5 Å². The zero-order chi connectivity index (χ0) is 14.5. The van der Waals surface area contributed by atoms with Crippen molar-refractivity contribution in [1.82, 2.24) is 10.3 Å². The molecular formula is C17H26N2O. The maximum Gasteiger partial charge on any atom is 0.138 e. The number of rotatable bonds is 3. The molecule has 3 unspecified atom stereocenters. The second-order valence-electron chi connectivity index (χ2n) is 7.65. The number of nitrogens with zero attached hydrogens (tertiary/aromatic N) is 1. The first kappa shape index (κ1) is 13.9. The van der Waals surface area contributed by atoms with Gasteiger partial charge in [-0.25, -0.2) is 0 Å². The van der Waals surface area contributed by atoms with Crippen LogP contribution in [-0.4, -0.2) is 16.1 Å². The Morgan fingerprint density at radius 1 is 1.35 bits per heavy atom. The van der Waals surface area contributed by atoms with Gasteiger partial charge < -0.3 is 10.4 Å². The minimum atomic E-state index is 0.300. The van der Waals surface area contributed by atoms with Crippen molar-refractivity contribution >= 4 is 0 Å².